The Morgan fingerprint density at radius 3 is 2.90 bits per heavy atom. The normalized spacial score (nSPS) is 16.6. The van der Waals surface area contributed by atoms with Crippen molar-refractivity contribution in [2.24, 2.45) is 11.3 Å². The number of Topliss-reactive ketones (excluding diaryl/α,β-unsaturated/α-hetero) is 1. The number of carbonyl (C=O) groups excluding carboxylic acids is 1. The van der Waals surface area contributed by atoms with Crippen molar-refractivity contribution in [2.45, 2.75) is 45.1 Å². The van der Waals surface area contributed by atoms with E-state index in [1.165, 1.54) is 34.0 Å². The highest BCUT2D eigenvalue weighted by molar-refractivity contribution is 8.00. The fourth-order valence-corrected chi connectivity index (χ4v) is 6.20. The van der Waals surface area contributed by atoms with E-state index in [1.54, 1.807) is 30.8 Å². The zero-order valence-electron chi connectivity index (χ0n) is 17.3. The third-order valence-corrected chi connectivity index (χ3v) is 7.92. The van der Waals surface area contributed by atoms with E-state index in [-0.39, 0.29) is 5.78 Å². The molecule has 0 radical (unpaired) electrons. The Labute approximate surface area is 180 Å². The molecular weight excluding hydrogens is 400 g/mol. The predicted octanol–water partition coefficient (Wildman–Crippen LogP) is 5.83. The molecule has 4 rings (SSSR count). The van der Waals surface area contributed by atoms with E-state index in [9.17, 15) is 4.79 Å². The van der Waals surface area contributed by atoms with Crippen LogP contribution < -0.4 is 4.74 Å². The Morgan fingerprint density at radius 1 is 1.31 bits per heavy atom. The van der Waals surface area contributed by atoms with Gasteiger partial charge < -0.3 is 4.74 Å². The molecule has 1 unspecified atom stereocenters. The number of hydrogen-bond acceptors (Lipinski definition) is 6. The molecule has 1 aliphatic carbocycles. The van der Waals surface area contributed by atoms with Gasteiger partial charge in [0.2, 0.25) is 0 Å². The van der Waals surface area contributed by atoms with Crippen molar-refractivity contribution < 1.29 is 9.53 Å². The van der Waals surface area contributed by atoms with Crippen LogP contribution in [0.1, 0.15) is 48.0 Å². The van der Waals surface area contributed by atoms with Crippen molar-refractivity contribution in [1.82, 2.24) is 9.97 Å². The monoisotopic (exact) mass is 426 g/mol. The maximum atomic E-state index is 12.7. The summed E-state index contributed by atoms with van der Waals surface area (Å²) in [6, 6.07) is 7.32. The van der Waals surface area contributed by atoms with Crippen molar-refractivity contribution in [2.75, 3.05) is 12.9 Å². The number of carbonyl (C=O) groups is 1. The number of ether oxygens (including phenoxy) is 1. The van der Waals surface area contributed by atoms with Crippen LogP contribution in [0.25, 0.3) is 10.2 Å². The smallest absolute Gasteiger partial charge is 0.173 e. The second-order valence-electron chi connectivity index (χ2n) is 8.61. The number of thioether (sulfide) groups is 1. The molecular formula is C23H26N2O2S2. The van der Waals surface area contributed by atoms with Crippen LogP contribution in [0.15, 0.2) is 35.6 Å². The molecule has 2 aromatic heterocycles. The summed E-state index contributed by atoms with van der Waals surface area (Å²) in [4.78, 5) is 24.3. The number of rotatable bonds is 5. The topological polar surface area (TPSA) is 52.1 Å². The maximum absolute atomic E-state index is 12.7. The summed E-state index contributed by atoms with van der Waals surface area (Å²) >= 11 is 3.32. The van der Waals surface area contributed by atoms with Crippen LogP contribution in [0.3, 0.4) is 0 Å². The number of aryl methyl sites for hydroxylation is 1. The molecule has 4 nitrogen and oxygen atoms in total. The van der Waals surface area contributed by atoms with Gasteiger partial charge in [0.25, 0.3) is 0 Å². The van der Waals surface area contributed by atoms with Gasteiger partial charge in [-0.25, -0.2) is 9.97 Å². The summed E-state index contributed by atoms with van der Waals surface area (Å²) in [5.74, 6) is 1.83. The summed E-state index contributed by atoms with van der Waals surface area (Å²) in [7, 11) is 1.61. The standard InChI is InChI=1S/C23H26N2O2S2/c1-23(2,3)15-8-9-17-19(11-15)29-22-20(17)21(24-13-25-22)28-12-18(26)14-6-5-7-16(10-14)27-4/h5-7,10,13,15H,8-9,11-12H2,1-4H3. The number of thiophene rings is 1. The van der Waals surface area contributed by atoms with Gasteiger partial charge in [0.05, 0.1) is 12.9 Å². The van der Waals surface area contributed by atoms with Gasteiger partial charge in [0, 0.05) is 15.8 Å². The first-order valence-electron chi connectivity index (χ1n) is 9.92. The second-order valence-corrected chi connectivity index (χ2v) is 10.7. The van der Waals surface area contributed by atoms with Gasteiger partial charge in [-0.05, 0) is 48.3 Å². The first-order valence-corrected chi connectivity index (χ1v) is 11.7. The Kier molecular flexibility index (Phi) is 5.67. The zero-order chi connectivity index (χ0) is 20.6. The summed E-state index contributed by atoms with van der Waals surface area (Å²) < 4.78 is 5.23. The number of ketones is 1. The molecule has 152 valence electrons. The highest BCUT2D eigenvalue weighted by Gasteiger charge is 2.31. The van der Waals surface area contributed by atoms with Gasteiger partial charge in [-0.3, -0.25) is 4.79 Å². The Balaban J connectivity index is 1.57. The Morgan fingerprint density at radius 2 is 2.14 bits per heavy atom. The van der Waals surface area contributed by atoms with Gasteiger partial charge >= 0.3 is 0 Å². The van der Waals surface area contributed by atoms with Crippen LogP contribution in [-0.2, 0) is 12.8 Å². The highest BCUT2D eigenvalue weighted by Crippen LogP contribution is 2.44. The third kappa shape index (κ3) is 4.19. The van der Waals surface area contributed by atoms with Gasteiger partial charge in [0.1, 0.15) is 21.9 Å². The second kappa shape index (κ2) is 8.07. The SMILES string of the molecule is COc1cccc(C(=O)CSc2ncnc3sc4c(c23)CCC(C(C)(C)C)C4)c1. The lowest BCUT2D eigenvalue weighted by Crippen LogP contribution is -2.26. The van der Waals surface area contributed by atoms with Crippen molar-refractivity contribution in [1.29, 1.82) is 0 Å². The molecule has 0 spiro atoms. The lowest BCUT2D eigenvalue weighted by Gasteiger charge is -2.33. The van der Waals surface area contributed by atoms with E-state index >= 15 is 0 Å². The predicted molar refractivity (Wildman–Crippen MR) is 120 cm³/mol. The molecule has 0 aliphatic heterocycles. The number of nitrogens with zero attached hydrogens (tertiary/aromatic N) is 2. The van der Waals surface area contributed by atoms with Crippen molar-refractivity contribution in [3.8, 4) is 5.75 Å². The minimum absolute atomic E-state index is 0.0811. The molecule has 1 aromatic carbocycles. The highest BCUT2D eigenvalue weighted by atomic mass is 32.2. The minimum atomic E-state index is 0.0811. The molecule has 3 aromatic rings. The fourth-order valence-electron chi connectivity index (χ4n) is 3.94. The van der Waals surface area contributed by atoms with E-state index in [1.807, 2.05) is 18.2 Å². The van der Waals surface area contributed by atoms with Crippen LogP contribution in [0.2, 0.25) is 0 Å². The maximum Gasteiger partial charge on any atom is 0.173 e. The van der Waals surface area contributed by atoms with Gasteiger partial charge in [-0.15, -0.1) is 11.3 Å². The average Bonchev–Trinajstić information content (AvgIpc) is 3.09. The van der Waals surface area contributed by atoms with Gasteiger partial charge in [0.15, 0.2) is 5.78 Å². The number of methoxy groups -OCH3 is 1. The molecule has 2 heterocycles. The largest absolute Gasteiger partial charge is 0.497 e. The van der Waals surface area contributed by atoms with Crippen LogP contribution in [-0.4, -0.2) is 28.6 Å². The molecule has 0 amide bonds. The summed E-state index contributed by atoms with van der Waals surface area (Å²) in [5.41, 5.74) is 2.39. The fraction of sp³-hybridized carbons (Fsp3) is 0.435. The first-order chi connectivity index (χ1) is 13.9. The van der Waals surface area contributed by atoms with Crippen LogP contribution in [0, 0.1) is 11.3 Å². The van der Waals surface area contributed by atoms with Gasteiger partial charge in [-0.2, -0.15) is 0 Å². The summed E-state index contributed by atoms with van der Waals surface area (Å²) in [6.45, 7) is 7.00. The minimum Gasteiger partial charge on any atom is -0.497 e. The van der Waals surface area contributed by atoms with E-state index in [0.29, 0.717) is 28.4 Å². The Bertz CT molecular complexity index is 1050. The zero-order valence-corrected chi connectivity index (χ0v) is 19.0. The quantitative estimate of drug-likeness (QED) is 0.292. The van der Waals surface area contributed by atoms with Crippen LogP contribution >= 0.6 is 23.1 Å². The lowest BCUT2D eigenvalue weighted by atomic mass is 9.72. The van der Waals surface area contributed by atoms with Crippen molar-refractivity contribution >= 4 is 39.1 Å². The molecule has 1 atom stereocenters. The van der Waals surface area contributed by atoms with Crippen LogP contribution in [0.5, 0.6) is 5.75 Å². The molecule has 0 saturated carbocycles. The van der Waals surface area contributed by atoms with Crippen molar-refractivity contribution in [3.63, 3.8) is 0 Å². The summed E-state index contributed by atoms with van der Waals surface area (Å²) in [6.07, 6.45) is 5.02. The number of hydrogen-bond donors (Lipinski definition) is 0. The van der Waals surface area contributed by atoms with Crippen molar-refractivity contribution in [3.05, 3.63) is 46.6 Å². The summed E-state index contributed by atoms with van der Waals surface area (Å²) in [5, 5.41) is 2.10. The lowest BCUT2D eigenvalue weighted by molar-refractivity contribution is 0.102. The van der Waals surface area contributed by atoms with E-state index in [0.717, 1.165) is 22.7 Å². The molecule has 6 heteroatoms. The average molecular weight is 427 g/mol. The van der Waals surface area contributed by atoms with Crippen LogP contribution in [0.4, 0.5) is 0 Å². The molecule has 29 heavy (non-hydrogen) atoms. The number of fused-ring (bicyclic) bond motifs is 3. The molecule has 0 N–H and O–H groups in total. The Hall–Kier alpha value is -1.92. The molecule has 0 bridgehead atoms. The van der Waals surface area contributed by atoms with E-state index < -0.39 is 0 Å². The molecule has 0 saturated heterocycles. The van der Waals surface area contributed by atoms with E-state index in [4.69, 9.17) is 4.74 Å². The van der Waals surface area contributed by atoms with E-state index in [2.05, 4.69) is 30.7 Å². The first kappa shape index (κ1) is 20.4. The molecule has 0 fully saturated rings. The number of benzene rings is 1. The molecule has 1 aliphatic rings. The number of aromatic nitrogens is 2. The van der Waals surface area contributed by atoms with Gasteiger partial charge in [-0.1, -0.05) is 44.7 Å². The third-order valence-electron chi connectivity index (χ3n) is 5.77.